The van der Waals surface area contributed by atoms with Crippen LogP contribution in [0.3, 0.4) is 0 Å². The SMILES string of the molecule is CCCNc1ncc(C)c(NCc2ccc(Cl)cc2)n1. The molecule has 1 heterocycles. The molecule has 0 amide bonds. The van der Waals surface area contributed by atoms with E-state index in [0.29, 0.717) is 12.5 Å². The fourth-order valence-corrected chi connectivity index (χ4v) is 1.86. The fourth-order valence-electron chi connectivity index (χ4n) is 1.73. The molecule has 0 aliphatic rings. The summed E-state index contributed by atoms with van der Waals surface area (Å²) in [5.41, 5.74) is 2.19. The smallest absolute Gasteiger partial charge is 0.224 e. The molecule has 0 saturated carbocycles. The summed E-state index contributed by atoms with van der Waals surface area (Å²) >= 11 is 5.87. The van der Waals surface area contributed by atoms with Crippen LogP contribution >= 0.6 is 11.6 Å². The Balaban J connectivity index is 2.02. The molecule has 0 unspecified atom stereocenters. The first-order valence-corrected chi connectivity index (χ1v) is 7.12. The Morgan fingerprint density at radius 2 is 1.90 bits per heavy atom. The normalized spacial score (nSPS) is 10.3. The maximum absolute atomic E-state index is 5.87. The van der Waals surface area contributed by atoms with Crippen LogP contribution in [0.25, 0.3) is 0 Å². The molecule has 4 nitrogen and oxygen atoms in total. The van der Waals surface area contributed by atoms with Gasteiger partial charge in [0.15, 0.2) is 0 Å². The van der Waals surface area contributed by atoms with Gasteiger partial charge in [-0.3, -0.25) is 0 Å². The number of halogens is 1. The van der Waals surface area contributed by atoms with Crippen molar-refractivity contribution in [2.24, 2.45) is 0 Å². The number of benzene rings is 1. The summed E-state index contributed by atoms with van der Waals surface area (Å²) in [6.07, 6.45) is 2.87. The molecule has 0 radical (unpaired) electrons. The van der Waals surface area contributed by atoms with Gasteiger partial charge in [-0.2, -0.15) is 4.98 Å². The van der Waals surface area contributed by atoms with Crippen molar-refractivity contribution < 1.29 is 0 Å². The Labute approximate surface area is 124 Å². The number of aryl methyl sites for hydroxylation is 1. The van der Waals surface area contributed by atoms with Gasteiger partial charge in [-0.1, -0.05) is 30.7 Å². The zero-order valence-corrected chi connectivity index (χ0v) is 12.5. The summed E-state index contributed by atoms with van der Waals surface area (Å²) in [5.74, 6) is 1.52. The van der Waals surface area contributed by atoms with Crippen LogP contribution in [0.5, 0.6) is 0 Å². The number of nitrogens with one attached hydrogen (secondary N) is 2. The van der Waals surface area contributed by atoms with Gasteiger partial charge in [-0.05, 0) is 31.0 Å². The van der Waals surface area contributed by atoms with Gasteiger partial charge < -0.3 is 10.6 Å². The number of hydrogen-bond donors (Lipinski definition) is 2. The average molecular weight is 291 g/mol. The first-order valence-electron chi connectivity index (χ1n) is 6.75. The highest BCUT2D eigenvalue weighted by atomic mass is 35.5. The third-order valence-electron chi connectivity index (χ3n) is 2.88. The molecule has 2 N–H and O–H groups in total. The first-order chi connectivity index (χ1) is 9.69. The minimum atomic E-state index is 0.663. The van der Waals surface area contributed by atoms with Crippen molar-refractivity contribution in [2.45, 2.75) is 26.8 Å². The lowest BCUT2D eigenvalue weighted by molar-refractivity contribution is 0.947. The highest BCUT2D eigenvalue weighted by molar-refractivity contribution is 6.30. The van der Waals surface area contributed by atoms with Crippen LogP contribution < -0.4 is 10.6 Å². The van der Waals surface area contributed by atoms with Crippen molar-refractivity contribution in [3.8, 4) is 0 Å². The highest BCUT2D eigenvalue weighted by Gasteiger charge is 2.03. The molecule has 2 aromatic rings. The van der Waals surface area contributed by atoms with E-state index in [2.05, 4.69) is 27.5 Å². The second-order valence-electron chi connectivity index (χ2n) is 4.63. The molecule has 2 rings (SSSR count). The van der Waals surface area contributed by atoms with E-state index in [-0.39, 0.29) is 0 Å². The van der Waals surface area contributed by atoms with Crippen molar-refractivity contribution in [2.75, 3.05) is 17.2 Å². The lowest BCUT2D eigenvalue weighted by Crippen LogP contribution is -2.08. The van der Waals surface area contributed by atoms with Crippen LogP contribution in [0, 0.1) is 6.92 Å². The Morgan fingerprint density at radius 1 is 1.15 bits per heavy atom. The number of anilines is 2. The maximum atomic E-state index is 5.87. The minimum absolute atomic E-state index is 0.663. The topological polar surface area (TPSA) is 49.8 Å². The van der Waals surface area contributed by atoms with Crippen LogP contribution in [0.1, 0.15) is 24.5 Å². The number of aromatic nitrogens is 2. The number of hydrogen-bond acceptors (Lipinski definition) is 4. The number of rotatable bonds is 6. The van der Waals surface area contributed by atoms with Gasteiger partial charge in [0.05, 0.1) is 0 Å². The van der Waals surface area contributed by atoms with E-state index in [4.69, 9.17) is 11.6 Å². The molecule has 0 aliphatic heterocycles. The maximum Gasteiger partial charge on any atom is 0.224 e. The van der Waals surface area contributed by atoms with E-state index in [1.54, 1.807) is 0 Å². The van der Waals surface area contributed by atoms with Gasteiger partial charge in [0, 0.05) is 29.9 Å². The minimum Gasteiger partial charge on any atom is -0.366 e. The highest BCUT2D eigenvalue weighted by Crippen LogP contribution is 2.15. The summed E-state index contributed by atoms with van der Waals surface area (Å²) in [5, 5.41) is 7.27. The zero-order valence-electron chi connectivity index (χ0n) is 11.8. The summed E-state index contributed by atoms with van der Waals surface area (Å²) in [6, 6.07) is 7.78. The van der Waals surface area contributed by atoms with Crippen LogP contribution in [0.2, 0.25) is 5.02 Å². The summed E-state index contributed by atoms with van der Waals surface area (Å²) in [4.78, 5) is 8.75. The molecule has 20 heavy (non-hydrogen) atoms. The first kappa shape index (κ1) is 14.6. The Morgan fingerprint density at radius 3 is 2.60 bits per heavy atom. The molecular weight excluding hydrogens is 272 g/mol. The van der Waals surface area contributed by atoms with Crippen molar-refractivity contribution in [3.05, 3.63) is 46.6 Å². The summed E-state index contributed by atoms with van der Waals surface area (Å²) in [6.45, 7) is 5.69. The Hall–Kier alpha value is -1.81. The molecule has 5 heteroatoms. The molecule has 1 aromatic carbocycles. The van der Waals surface area contributed by atoms with Crippen LogP contribution in [0.4, 0.5) is 11.8 Å². The van der Waals surface area contributed by atoms with E-state index < -0.39 is 0 Å². The van der Waals surface area contributed by atoms with E-state index >= 15 is 0 Å². The quantitative estimate of drug-likeness (QED) is 0.848. The summed E-state index contributed by atoms with van der Waals surface area (Å²) < 4.78 is 0. The lowest BCUT2D eigenvalue weighted by atomic mass is 10.2. The third-order valence-corrected chi connectivity index (χ3v) is 3.13. The molecule has 0 fully saturated rings. The van der Waals surface area contributed by atoms with Crippen molar-refractivity contribution >= 4 is 23.4 Å². The van der Waals surface area contributed by atoms with Crippen molar-refractivity contribution in [3.63, 3.8) is 0 Å². The van der Waals surface area contributed by atoms with Gasteiger partial charge in [-0.15, -0.1) is 0 Å². The Bertz CT molecular complexity index is 554. The average Bonchev–Trinajstić information content (AvgIpc) is 2.46. The summed E-state index contributed by atoms with van der Waals surface area (Å²) in [7, 11) is 0. The van der Waals surface area contributed by atoms with Gasteiger partial charge >= 0.3 is 0 Å². The fraction of sp³-hybridized carbons (Fsp3) is 0.333. The second kappa shape index (κ2) is 7.10. The molecule has 0 atom stereocenters. The molecule has 1 aromatic heterocycles. The Kier molecular flexibility index (Phi) is 5.18. The van der Waals surface area contributed by atoms with Gasteiger partial charge in [0.25, 0.3) is 0 Å². The largest absolute Gasteiger partial charge is 0.366 e. The standard InChI is InChI=1S/C15H19ClN4/c1-3-8-17-15-19-9-11(2)14(20-15)18-10-12-4-6-13(16)7-5-12/h4-7,9H,3,8,10H2,1-2H3,(H2,17,18,19,20). The van der Waals surface area contributed by atoms with Crippen molar-refractivity contribution in [1.29, 1.82) is 0 Å². The molecule has 0 spiro atoms. The van der Waals surface area contributed by atoms with Crippen LogP contribution in [-0.2, 0) is 6.54 Å². The third kappa shape index (κ3) is 4.10. The predicted molar refractivity (Wildman–Crippen MR) is 84.3 cm³/mol. The molecule has 0 saturated heterocycles. The number of nitrogens with zero attached hydrogens (tertiary/aromatic N) is 2. The molecule has 0 bridgehead atoms. The van der Waals surface area contributed by atoms with Gasteiger partial charge in [0.1, 0.15) is 5.82 Å². The van der Waals surface area contributed by atoms with Crippen molar-refractivity contribution in [1.82, 2.24) is 9.97 Å². The second-order valence-corrected chi connectivity index (χ2v) is 5.07. The van der Waals surface area contributed by atoms with Crippen LogP contribution in [0.15, 0.2) is 30.5 Å². The monoisotopic (exact) mass is 290 g/mol. The van der Waals surface area contributed by atoms with E-state index in [0.717, 1.165) is 34.9 Å². The van der Waals surface area contributed by atoms with E-state index in [1.807, 2.05) is 37.4 Å². The van der Waals surface area contributed by atoms with E-state index in [1.165, 1.54) is 0 Å². The van der Waals surface area contributed by atoms with Gasteiger partial charge in [-0.25, -0.2) is 4.98 Å². The van der Waals surface area contributed by atoms with Crippen LogP contribution in [-0.4, -0.2) is 16.5 Å². The molecule has 106 valence electrons. The van der Waals surface area contributed by atoms with Gasteiger partial charge in [0.2, 0.25) is 5.95 Å². The van der Waals surface area contributed by atoms with E-state index in [9.17, 15) is 0 Å². The lowest BCUT2D eigenvalue weighted by Gasteiger charge is -2.10. The molecular formula is C15H19ClN4. The zero-order chi connectivity index (χ0) is 14.4. The molecule has 0 aliphatic carbocycles. The predicted octanol–water partition coefficient (Wildman–Crippen LogP) is 3.87.